The van der Waals surface area contributed by atoms with Gasteiger partial charge in [0.15, 0.2) is 0 Å². The van der Waals surface area contributed by atoms with Crippen molar-refractivity contribution >= 4 is 39.8 Å². The van der Waals surface area contributed by atoms with Gasteiger partial charge < -0.3 is 20.4 Å². The molecule has 0 atom stereocenters. The molecule has 3 heterocycles. The van der Waals surface area contributed by atoms with Crippen molar-refractivity contribution in [2.24, 2.45) is 0 Å². The summed E-state index contributed by atoms with van der Waals surface area (Å²) in [4.78, 5) is 27.7. The maximum absolute atomic E-state index is 13.2. The Morgan fingerprint density at radius 3 is 2.31 bits per heavy atom. The Balaban J connectivity index is 1.08. The molecule has 10 heteroatoms. The van der Waals surface area contributed by atoms with Gasteiger partial charge in [0.25, 0.3) is 5.91 Å². The lowest BCUT2D eigenvalue weighted by atomic mass is 9.92. The third-order valence-electron chi connectivity index (χ3n) is 10.2. The summed E-state index contributed by atoms with van der Waals surface area (Å²) < 4.78 is 39.7. The molecule has 0 bridgehead atoms. The van der Waals surface area contributed by atoms with E-state index < -0.39 is 17.6 Å². The molecular formula is C41H43F3N6O. The second-order valence-corrected chi connectivity index (χ2v) is 14.0. The van der Waals surface area contributed by atoms with Gasteiger partial charge in [-0.2, -0.15) is 13.2 Å². The molecule has 0 saturated carbocycles. The van der Waals surface area contributed by atoms with E-state index in [0.29, 0.717) is 11.6 Å². The first kappa shape index (κ1) is 34.5. The number of aryl methyl sites for hydroxylation is 1. The maximum atomic E-state index is 13.2. The molecule has 1 amide bonds. The number of likely N-dealkylation sites (tertiary alicyclic amines) is 1. The van der Waals surface area contributed by atoms with Crippen LogP contribution in [0.25, 0.3) is 22.0 Å². The number of hydrogen-bond acceptors (Lipinski definition) is 6. The van der Waals surface area contributed by atoms with Crippen molar-refractivity contribution in [3.63, 3.8) is 0 Å². The first-order chi connectivity index (χ1) is 24.5. The fraction of sp³-hybridized carbons (Fsp3) is 0.341. The summed E-state index contributed by atoms with van der Waals surface area (Å²) in [5, 5.41) is 7.04. The smallest absolute Gasteiger partial charge is 0.371 e. The van der Waals surface area contributed by atoms with Crippen LogP contribution in [0.1, 0.15) is 72.5 Å². The molecule has 0 radical (unpaired) electrons. The zero-order valence-corrected chi connectivity index (χ0v) is 29.2. The zero-order chi connectivity index (χ0) is 35.7. The van der Waals surface area contributed by atoms with Gasteiger partial charge in [-0.15, -0.1) is 0 Å². The quantitative estimate of drug-likeness (QED) is 0.169. The van der Waals surface area contributed by atoms with Gasteiger partial charge in [-0.1, -0.05) is 26.0 Å². The van der Waals surface area contributed by atoms with E-state index in [-0.39, 0.29) is 11.5 Å². The molecule has 1 aromatic heterocycles. The van der Waals surface area contributed by atoms with Gasteiger partial charge in [0.1, 0.15) is 0 Å². The fourth-order valence-electron chi connectivity index (χ4n) is 7.36. The summed E-state index contributed by atoms with van der Waals surface area (Å²) in [6, 6.07) is 23.3. The molecule has 5 aromatic rings. The molecule has 7 nitrogen and oxygen atoms in total. The van der Waals surface area contributed by atoms with Crippen LogP contribution in [-0.2, 0) is 6.18 Å². The van der Waals surface area contributed by atoms with Gasteiger partial charge in [0.2, 0.25) is 5.95 Å². The lowest BCUT2D eigenvalue weighted by Crippen LogP contribution is -2.43. The van der Waals surface area contributed by atoms with Gasteiger partial charge in [0, 0.05) is 53.3 Å². The van der Waals surface area contributed by atoms with Crippen molar-refractivity contribution in [3.05, 3.63) is 107 Å². The van der Waals surface area contributed by atoms with Crippen molar-refractivity contribution in [2.75, 3.05) is 41.7 Å². The van der Waals surface area contributed by atoms with Crippen molar-refractivity contribution in [2.45, 2.75) is 64.6 Å². The van der Waals surface area contributed by atoms with Crippen LogP contribution in [0.3, 0.4) is 0 Å². The molecule has 51 heavy (non-hydrogen) atoms. The summed E-state index contributed by atoms with van der Waals surface area (Å²) in [5.74, 6) is 0.0675. The normalized spacial score (nSPS) is 15.9. The Kier molecular flexibility index (Phi) is 9.70. The van der Waals surface area contributed by atoms with Crippen LogP contribution < -0.4 is 15.5 Å². The van der Waals surface area contributed by atoms with E-state index in [4.69, 9.17) is 4.98 Å². The van der Waals surface area contributed by atoms with E-state index in [2.05, 4.69) is 69.6 Å². The highest BCUT2D eigenvalue weighted by Crippen LogP contribution is 2.35. The van der Waals surface area contributed by atoms with Crippen LogP contribution in [0, 0.1) is 6.92 Å². The van der Waals surface area contributed by atoms with E-state index in [1.807, 2.05) is 31.3 Å². The van der Waals surface area contributed by atoms with Crippen molar-refractivity contribution in [3.8, 4) is 11.1 Å². The van der Waals surface area contributed by atoms with E-state index >= 15 is 0 Å². The average Bonchev–Trinajstić information content (AvgIpc) is 3.67. The number of aromatic nitrogens is 2. The Hall–Kier alpha value is -4.96. The van der Waals surface area contributed by atoms with Crippen molar-refractivity contribution in [1.29, 1.82) is 0 Å². The van der Waals surface area contributed by atoms with Gasteiger partial charge >= 0.3 is 6.18 Å². The summed E-state index contributed by atoms with van der Waals surface area (Å²) in [6.07, 6.45) is 2.41. The first-order valence-electron chi connectivity index (χ1n) is 17.8. The second kappa shape index (κ2) is 14.3. The number of carbonyl (C=O) groups is 1. The number of fused-ring (bicyclic) bond motifs is 1. The van der Waals surface area contributed by atoms with Crippen LogP contribution >= 0.6 is 0 Å². The molecule has 2 N–H and O–H groups in total. The number of hydrogen-bond donors (Lipinski definition) is 2. The number of piperidine rings is 1. The molecule has 2 saturated heterocycles. The second-order valence-electron chi connectivity index (χ2n) is 14.0. The van der Waals surface area contributed by atoms with Gasteiger partial charge in [-0.25, -0.2) is 9.97 Å². The Bertz CT molecular complexity index is 2030. The van der Waals surface area contributed by atoms with Crippen LogP contribution in [0.4, 0.5) is 36.2 Å². The van der Waals surface area contributed by atoms with E-state index in [0.717, 1.165) is 70.1 Å². The van der Waals surface area contributed by atoms with Gasteiger partial charge in [-0.05, 0) is 141 Å². The van der Waals surface area contributed by atoms with E-state index in [1.165, 1.54) is 56.6 Å². The number of benzene rings is 4. The topological polar surface area (TPSA) is 73.4 Å². The number of anilines is 4. The molecule has 2 aliphatic heterocycles. The highest BCUT2D eigenvalue weighted by molar-refractivity contribution is 6.04. The highest BCUT2D eigenvalue weighted by atomic mass is 19.4. The number of nitrogens with one attached hydrogen (secondary N) is 2. The molecular weight excluding hydrogens is 649 g/mol. The van der Waals surface area contributed by atoms with Gasteiger partial charge in [0.05, 0.1) is 11.1 Å². The summed E-state index contributed by atoms with van der Waals surface area (Å²) in [5.41, 5.74) is 6.44. The molecule has 264 valence electrons. The van der Waals surface area contributed by atoms with Gasteiger partial charge in [-0.3, -0.25) is 4.79 Å². The summed E-state index contributed by atoms with van der Waals surface area (Å²) >= 11 is 0. The van der Waals surface area contributed by atoms with Crippen LogP contribution in [0.2, 0.25) is 0 Å². The van der Waals surface area contributed by atoms with Crippen LogP contribution in [-0.4, -0.2) is 53.0 Å². The molecule has 2 aliphatic rings. The Labute approximate surface area is 296 Å². The average molecular weight is 693 g/mol. The molecule has 0 aliphatic carbocycles. The Morgan fingerprint density at radius 1 is 0.882 bits per heavy atom. The minimum Gasteiger partial charge on any atom is -0.371 e. The SMILES string of the molecule is Cc1ccc(NC(=O)c2cccc(C(F)(F)F)c2)cc1-c1cc(C(C)C)c2nc(Nc3ccc(N4CCC(N5CCCC5)CC4)cc3)ncc2c1. The monoisotopic (exact) mass is 692 g/mol. The minimum atomic E-state index is -4.53. The lowest BCUT2D eigenvalue weighted by Gasteiger charge is -2.37. The predicted octanol–water partition coefficient (Wildman–Crippen LogP) is 9.81. The zero-order valence-electron chi connectivity index (χ0n) is 29.2. The standard InChI is InChI=1S/C41H43F3N6O/c1-26(2)36-23-29(37-24-33(10-9-27(37)3)46-39(51)28-7-6-8-31(22-28)41(42,43)44)21-30-25-45-40(48-38(30)36)47-32-11-13-34(14-12-32)50-19-15-35(16-20-50)49-17-4-5-18-49/h6-14,21-26,35H,4-5,15-20H2,1-3H3,(H,46,51)(H,45,47,48). The summed E-state index contributed by atoms with van der Waals surface area (Å²) in [7, 11) is 0. The molecule has 4 aromatic carbocycles. The third-order valence-corrected chi connectivity index (χ3v) is 10.2. The van der Waals surface area contributed by atoms with Crippen LogP contribution in [0.5, 0.6) is 0 Å². The van der Waals surface area contributed by atoms with E-state index in [9.17, 15) is 18.0 Å². The number of halogens is 3. The molecule has 7 rings (SSSR count). The first-order valence-corrected chi connectivity index (χ1v) is 17.8. The number of nitrogens with zero attached hydrogens (tertiary/aromatic N) is 4. The summed E-state index contributed by atoms with van der Waals surface area (Å²) in [6.45, 7) is 10.9. The molecule has 0 unspecified atom stereocenters. The third kappa shape index (κ3) is 7.71. The minimum absolute atomic E-state index is 0.0646. The fourth-order valence-corrected chi connectivity index (χ4v) is 7.36. The molecule has 0 spiro atoms. The van der Waals surface area contributed by atoms with E-state index in [1.54, 1.807) is 6.07 Å². The van der Waals surface area contributed by atoms with Crippen LogP contribution in [0.15, 0.2) is 85.1 Å². The number of alkyl halides is 3. The number of carbonyl (C=O) groups excluding carboxylic acids is 1. The number of rotatable bonds is 8. The highest BCUT2D eigenvalue weighted by Gasteiger charge is 2.31. The Morgan fingerprint density at radius 2 is 1.61 bits per heavy atom. The van der Waals surface area contributed by atoms with Crippen molar-refractivity contribution < 1.29 is 18.0 Å². The maximum Gasteiger partial charge on any atom is 0.416 e. The lowest BCUT2D eigenvalue weighted by molar-refractivity contribution is -0.137. The number of amides is 1. The van der Waals surface area contributed by atoms with Crippen molar-refractivity contribution in [1.82, 2.24) is 14.9 Å². The molecule has 2 fully saturated rings. The predicted molar refractivity (Wildman–Crippen MR) is 199 cm³/mol. The largest absolute Gasteiger partial charge is 0.416 e.